The van der Waals surface area contributed by atoms with Gasteiger partial charge in [0.2, 0.25) is 0 Å². The quantitative estimate of drug-likeness (QED) is 0.354. The third kappa shape index (κ3) is 6.84. The number of benzene rings is 1. The van der Waals surface area contributed by atoms with E-state index in [0.29, 0.717) is 5.92 Å². The molecule has 2 nitrogen and oxygen atoms in total. The fourth-order valence-electron chi connectivity index (χ4n) is 2.61. The average molecular weight is 374 g/mol. The molecule has 26 heavy (non-hydrogen) atoms. The Hall–Kier alpha value is -1.19. The van der Waals surface area contributed by atoms with E-state index in [1.807, 2.05) is 13.8 Å². The van der Waals surface area contributed by atoms with Crippen molar-refractivity contribution in [2.75, 3.05) is 0 Å². The normalized spacial score (nSPS) is 14.1. The van der Waals surface area contributed by atoms with Crippen molar-refractivity contribution >= 4 is 25.8 Å². The topological polar surface area (TPSA) is 21.6 Å². The molecule has 1 atom stereocenters. The van der Waals surface area contributed by atoms with Crippen LogP contribution in [0.1, 0.15) is 78.9 Å². The molecule has 0 aliphatic rings. The van der Waals surface area contributed by atoms with Gasteiger partial charge in [0.25, 0.3) is 0 Å². The zero-order valence-electron chi connectivity index (χ0n) is 18.6. The molecule has 146 valence electrons. The van der Waals surface area contributed by atoms with E-state index >= 15 is 0 Å². The SMILES string of the molecule is CC(C)=Nc1cc(C=CCC(C)O[Si](C)(C)C(C)(C)C)ccc1C(C)C. The van der Waals surface area contributed by atoms with E-state index in [4.69, 9.17) is 9.42 Å². The molecule has 1 aromatic carbocycles. The Labute approximate surface area is 162 Å². The summed E-state index contributed by atoms with van der Waals surface area (Å²) in [4.78, 5) is 4.72. The molecule has 0 spiro atoms. The van der Waals surface area contributed by atoms with Gasteiger partial charge in [0.1, 0.15) is 0 Å². The maximum Gasteiger partial charge on any atom is 0.192 e. The lowest BCUT2D eigenvalue weighted by atomic mass is 9.99. The van der Waals surface area contributed by atoms with E-state index in [1.165, 1.54) is 11.1 Å². The molecule has 0 heterocycles. The molecule has 0 saturated carbocycles. The summed E-state index contributed by atoms with van der Waals surface area (Å²) in [5.41, 5.74) is 4.68. The van der Waals surface area contributed by atoms with Crippen LogP contribution in [0.2, 0.25) is 18.1 Å². The molecule has 0 radical (unpaired) electrons. The lowest BCUT2D eigenvalue weighted by Crippen LogP contribution is -2.43. The predicted octanol–water partition coefficient (Wildman–Crippen LogP) is 7.74. The predicted molar refractivity (Wildman–Crippen MR) is 120 cm³/mol. The number of hydrogen-bond acceptors (Lipinski definition) is 2. The van der Waals surface area contributed by atoms with Crippen LogP contribution in [0.4, 0.5) is 5.69 Å². The Morgan fingerprint density at radius 2 is 1.77 bits per heavy atom. The van der Waals surface area contributed by atoms with Crippen LogP contribution < -0.4 is 0 Å². The number of hydrogen-bond donors (Lipinski definition) is 0. The molecule has 0 aliphatic carbocycles. The Kier molecular flexibility index (Phi) is 8.03. The summed E-state index contributed by atoms with van der Waals surface area (Å²) in [6, 6.07) is 6.59. The van der Waals surface area contributed by atoms with Crippen molar-refractivity contribution in [2.24, 2.45) is 4.99 Å². The van der Waals surface area contributed by atoms with E-state index in [-0.39, 0.29) is 11.1 Å². The first-order chi connectivity index (χ1) is 11.8. The molecule has 3 heteroatoms. The van der Waals surface area contributed by atoms with Crippen LogP contribution in [0.5, 0.6) is 0 Å². The molecule has 0 fully saturated rings. The minimum absolute atomic E-state index is 0.248. The van der Waals surface area contributed by atoms with E-state index in [0.717, 1.165) is 17.8 Å². The van der Waals surface area contributed by atoms with Crippen molar-refractivity contribution in [1.82, 2.24) is 0 Å². The van der Waals surface area contributed by atoms with Gasteiger partial charge in [-0.3, -0.25) is 4.99 Å². The van der Waals surface area contributed by atoms with Gasteiger partial charge in [-0.05, 0) is 68.4 Å². The zero-order chi connectivity index (χ0) is 20.1. The Morgan fingerprint density at radius 3 is 2.27 bits per heavy atom. The monoisotopic (exact) mass is 373 g/mol. The van der Waals surface area contributed by atoms with Gasteiger partial charge in [0.05, 0.1) is 5.69 Å². The minimum atomic E-state index is -1.70. The standard InChI is InChI=1S/C23H39NOSi/c1-17(2)21-15-14-20(16-22(21)24-18(3)4)13-11-12-19(5)25-26(9,10)23(6,7)8/h11,13-17,19H,12H2,1-10H3. The molecule has 1 aromatic rings. The van der Waals surface area contributed by atoms with Crippen LogP contribution in [0.3, 0.4) is 0 Å². The highest BCUT2D eigenvalue weighted by molar-refractivity contribution is 6.74. The first kappa shape index (κ1) is 22.8. The van der Waals surface area contributed by atoms with E-state index < -0.39 is 8.32 Å². The van der Waals surface area contributed by atoms with Gasteiger partial charge in [-0.1, -0.05) is 58.9 Å². The highest BCUT2D eigenvalue weighted by Crippen LogP contribution is 2.37. The second-order valence-corrected chi connectivity index (χ2v) is 14.1. The van der Waals surface area contributed by atoms with Crippen LogP contribution in [-0.4, -0.2) is 20.1 Å². The summed E-state index contributed by atoms with van der Waals surface area (Å²) in [7, 11) is -1.70. The second-order valence-electron chi connectivity index (χ2n) is 9.36. The molecular weight excluding hydrogens is 334 g/mol. The van der Waals surface area contributed by atoms with Crippen molar-refractivity contribution in [3.8, 4) is 0 Å². The van der Waals surface area contributed by atoms with Gasteiger partial charge in [-0.2, -0.15) is 0 Å². The van der Waals surface area contributed by atoms with Crippen LogP contribution in [0, 0.1) is 0 Å². The van der Waals surface area contributed by atoms with Crippen molar-refractivity contribution < 1.29 is 4.43 Å². The van der Waals surface area contributed by atoms with Crippen molar-refractivity contribution in [3.05, 3.63) is 35.4 Å². The fraction of sp³-hybridized carbons (Fsp3) is 0.609. The highest BCUT2D eigenvalue weighted by atomic mass is 28.4. The number of nitrogens with zero attached hydrogens (tertiary/aromatic N) is 1. The fourth-order valence-corrected chi connectivity index (χ4v) is 4.07. The smallest absolute Gasteiger partial charge is 0.192 e. The third-order valence-electron chi connectivity index (χ3n) is 5.10. The maximum atomic E-state index is 6.43. The van der Waals surface area contributed by atoms with Gasteiger partial charge >= 0.3 is 0 Å². The highest BCUT2D eigenvalue weighted by Gasteiger charge is 2.38. The zero-order valence-corrected chi connectivity index (χ0v) is 19.6. The van der Waals surface area contributed by atoms with Crippen LogP contribution >= 0.6 is 0 Å². The summed E-state index contributed by atoms with van der Waals surface area (Å²) in [6.45, 7) is 22.2. The van der Waals surface area contributed by atoms with E-state index in [2.05, 4.69) is 85.0 Å². The summed E-state index contributed by atoms with van der Waals surface area (Å²) in [5.74, 6) is 0.476. The Morgan fingerprint density at radius 1 is 1.15 bits per heavy atom. The van der Waals surface area contributed by atoms with E-state index in [1.54, 1.807) is 0 Å². The number of aliphatic imine (C=N–C) groups is 1. The molecule has 1 rings (SSSR count). The maximum absolute atomic E-state index is 6.43. The van der Waals surface area contributed by atoms with Gasteiger partial charge in [0, 0.05) is 11.8 Å². The molecule has 0 aliphatic heterocycles. The molecule has 0 aromatic heterocycles. The molecule has 1 unspecified atom stereocenters. The largest absolute Gasteiger partial charge is 0.414 e. The third-order valence-corrected chi connectivity index (χ3v) is 9.70. The molecule has 0 amide bonds. The average Bonchev–Trinajstić information content (AvgIpc) is 2.44. The van der Waals surface area contributed by atoms with Crippen molar-refractivity contribution in [3.63, 3.8) is 0 Å². The summed E-state index contributed by atoms with van der Waals surface area (Å²) in [6.07, 6.45) is 5.61. The molecule has 0 bridgehead atoms. The van der Waals surface area contributed by atoms with Crippen LogP contribution in [0.15, 0.2) is 29.3 Å². The van der Waals surface area contributed by atoms with Gasteiger partial charge in [0.15, 0.2) is 8.32 Å². The van der Waals surface area contributed by atoms with E-state index in [9.17, 15) is 0 Å². The van der Waals surface area contributed by atoms with Gasteiger partial charge < -0.3 is 4.43 Å². The summed E-state index contributed by atoms with van der Waals surface area (Å²) >= 11 is 0. The van der Waals surface area contributed by atoms with Crippen LogP contribution in [-0.2, 0) is 4.43 Å². The molecule has 0 N–H and O–H groups in total. The van der Waals surface area contributed by atoms with Crippen molar-refractivity contribution in [2.45, 2.75) is 92.0 Å². The van der Waals surface area contributed by atoms with Crippen molar-refractivity contribution in [1.29, 1.82) is 0 Å². The van der Waals surface area contributed by atoms with Gasteiger partial charge in [-0.15, -0.1) is 0 Å². The summed E-state index contributed by atoms with van der Waals surface area (Å²) in [5, 5.41) is 0.253. The van der Waals surface area contributed by atoms with Gasteiger partial charge in [-0.25, -0.2) is 0 Å². The lowest BCUT2D eigenvalue weighted by Gasteiger charge is -2.38. The first-order valence-electron chi connectivity index (χ1n) is 9.83. The van der Waals surface area contributed by atoms with Crippen LogP contribution in [0.25, 0.3) is 6.08 Å². The lowest BCUT2D eigenvalue weighted by molar-refractivity contribution is 0.202. The molecular formula is C23H39NOSi. The second kappa shape index (κ2) is 9.14. The Balaban J connectivity index is 2.84. The molecule has 0 saturated heterocycles. The minimum Gasteiger partial charge on any atom is -0.414 e. The summed E-state index contributed by atoms with van der Waals surface area (Å²) < 4.78 is 6.43. The first-order valence-corrected chi connectivity index (χ1v) is 12.7. The Bertz CT molecular complexity index is 647. The number of rotatable bonds is 7.